The van der Waals surface area contributed by atoms with Gasteiger partial charge in [-0.05, 0) is 44.9 Å². The summed E-state index contributed by atoms with van der Waals surface area (Å²) in [4.78, 5) is 24.5. The summed E-state index contributed by atoms with van der Waals surface area (Å²) < 4.78 is 0. The van der Waals surface area contributed by atoms with E-state index in [1.165, 1.54) is 0 Å². The Hall–Kier alpha value is -1.88. The molecule has 3 N–H and O–H groups in total. The second-order valence-electron chi connectivity index (χ2n) is 5.83. The molecule has 0 aliphatic carbocycles. The molecule has 1 atom stereocenters. The van der Waals surface area contributed by atoms with Gasteiger partial charge in [0, 0.05) is 11.7 Å². The first-order valence-electron chi connectivity index (χ1n) is 7.26. The zero-order chi connectivity index (χ0) is 16.0. The molecule has 0 radical (unpaired) electrons. The van der Waals surface area contributed by atoms with Crippen LogP contribution in [-0.4, -0.2) is 38.0 Å². The minimum Gasteiger partial charge on any atom is -0.349 e. The Morgan fingerprint density at radius 2 is 1.76 bits per heavy atom. The van der Waals surface area contributed by atoms with Gasteiger partial charge in [-0.3, -0.25) is 9.59 Å². The minimum atomic E-state index is -0.0847. The Labute approximate surface area is 126 Å². The molecule has 21 heavy (non-hydrogen) atoms. The second-order valence-corrected chi connectivity index (χ2v) is 5.83. The highest BCUT2D eigenvalue weighted by Gasteiger charge is 2.15. The van der Waals surface area contributed by atoms with E-state index in [2.05, 4.69) is 10.6 Å². The number of benzene rings is 1. The van der Waals surface area contributed by atoms with Crippen molar-refractivity contribution in [2.75, 3.05) is 25.5 Å². The average molecular weight is 292 g/mol. The number of amides is 2. The summed E-state index contributed by atoms with van der Waals surface area (Å²) in [7, 11) is 1.84. The average Bonchev–Trinajstić information content (AvgIpc) is 2.33. The third-order valence-corrected chi connectivity index (χ3v) is 3.25. The third kappa shape index (κ3) is 5.95. The molecule has 0 spiro atoms. The lowest BCUT2D eigenvalue weighted by molar-refractivity contribution is -0.862. The van der Waals surface area contributed by atoms with E-state index in [0.29, 0.717) is 6.54 Å². The highest BCUT2D eigenvalue weighted by atomic mass is 16.2. The highest BCUT2D eigenvalue weighted by Crippen LogP contribution is 2.17. The Kier molecular flexibility index (Phi) is 6.37. The first kappa shape index (κ1) is 17.2. The zero-order valence-electron chi connectivity index (χ0n) is 13.5. The fourth-order valence-electron chi connectivity index (χ4n) is 2.06. The van der Waals surface area contributed by atoms with Gasteiger partial charge in [0.05, 0.1) is 7.05 Å². The van der Waals surface area contributed by atoms with Crippen LogP contribution in [0.2, 0.25) is 0 Å². The zero-order valence-corrected chi connectivity index (χ0v) is 13.5. The van der Waals surface area contributed by atoms with Crippen LogP contribution in [0.5, 0.6) is 0 Å². The maximum atomic E-state index is 12.0. The van der Waals surface area contributed by atoms with Crippen LogP contribution in [0.4, 0.5) is 5.69 Å². The highest BCUT2D eigenvalue weighted by molar-refractivity contribution is 5.92. The normalized spacial score (nSPS) is 12.1. The molecule has 0 aliphatic rings. The van der Waals surface area contributed by atoms with Crippen LogP contribution in [0.25, 0.3) is 0 Å². The molecule has 2 amide bonds. The molecule has 5 heteroatoms. The lowest BCUT2D eigenvalue weighted by atomic mass is 10.1. The lowest BCUT2D eigenvalue weighted by Crippen LogP contribution is -3.11. The van der Waals surface area contributed by atoms with Gasteiger partial charge in [0.25, 0.3) is 11.8 Å². The van der Waals surface area contributed by atoms with Gasteiger partial charge in [-0.2, -0.15) is 0 Å². The van der Waals surface area contributed by atoms with Gasteiger partial charge in [0.15, 0.2) is 13.1 Å². The Morgan fingerprint density at radius 1 is 1.14 bits per heavy atom. The van der Waals surface area contributed by atoms with Crippen LogP contribution in [0.3, 0.4) is 0 Å². The maximum absolute atomic E-state index is 12.0. The molecule has 116 valence electrons. The number of hydrogen-bond donors (Lipinski definition) is 3. The molecule has 0 saturated carbocycles. The van der Waals surface area contributed by atoms with E-state index >= 15 is 0 Å². The van der Waals surface area contributed by atoms with Crippen LogP contribution < -0.4 is 15.5 Å². The van der Waals surface area contributed by atoms with Crippen molar-refractivity contribution in [1.82, 2.24) is 5.32 Å². The van der Waals surface area contributed by atoms with Gasteiger partial charge in [-0.25, -0.2) is 0 Å². The van der Waals surface area contributed by atoms with Crippen molar-refractivity contribution in [3.8, 4) is 0 Å². The van der Waals surface area contributed by atoms with Crippen LogP contribution in [0.15, 0.2) is 18.2 Å². The fraction of sp³-hybridized carbons (Fsp3) is 0.500. The van der Waals surface area contributed by atoms with E-state index in [1.807, 2.05) is 52.9 Å². The van der Waals surface area contributed by atoms with Crippen molar-refractivity contribution in [3.63, 3.8) is 0 Å². The number of anilines is 1. The molecule has 1 unspecified atom stereocenters. The topological polar surface area (TPSA) is 62.6 Å². The molecular formula is C16H26N3O2+. The lowest BCUT2D eigenvalue weighted by Gasteiger charge is -2.15. The first-order chi connectivity index (χ1) is 9.79. The molecule has 1 aromatic carbocycles. The van der Waals surface area contributed by atoms with E-state index in [-0.39, 0.29) is 24.4 Å². The third-order valence-electron chi connectivity index (χ3n) is 3.25. The number of carbonyl (C=O) groups excluding carboxylic acids is 2. The van der Waals surface area contributed by atoms with Gasteiger partial charge in [-0.15, -0.1) is 0 Å². The summed E-state index contributed by atoms with van der Waals surface area (Å²) in [5.41, 5.74) is 3.05. The summed E-state index contributed by atoms with van der Waals surface area (Å²) >= 11 is 0. The summed E-state index contributed by atoms with van der Waals surface area (Å²) in [5, 5.41) is 5.73. The van der Waals surface area contributed by atoms with Crippen molar-refractivity contribution in [3.05, 3.63) is 29.3 Å². The number of nitrogens with one attached hydrogen (secondary N) is 3. The number of hydrogen-bond acceptors (Lipinski definition) is 2. The van der Waals surface area contributed by atoms with Crippen molar-refractivity contribution in [2.45, 2.75) is 33.7 Å². The first-order valence-corrected chi connectivity index (χ1v) is 7.26. The van der Waals surface area contributed by atoms with Crippen molar-refractivity contribution in [2.24, 2.45) is 0 Å². The molecule has 0 bridgehead atoms. The van der Waals surface area contributed by atoms with E-state index in [9.17, 15) is 9.59 Å². The number of quaternary nitrogens is 1. The Balaban J connectivity index is 2.50. The number of rotatable bonds is 6. The van der Waals surface area contributed by atoms with E-state index in [0.717, 1.165) is 21.7 Å². The van der Waals surface area contributed by atoms with Crippen LogP contribution >= 0.6 is 0 Å². The van der Waals surface area contributed by atoms with Crippen LogP contribution in [0.1, 0.15) is 25.0 Å². The molecule has 0 aliphatic heterocycles. The second kappa shape index (κ2) is 7.78. The van der Waals surface area contributed by atoms with Gasteiger partial charge in [0.2, 0.25) is 0 Å². The van der Waals surface area contributed by atoms with Gasteiger partial charge in [-0.1, -0.05) is 12.1 Å². The molecule has 1 aromatic rings. The Bertz CT molecular complexity index is 512. The van der Waals surface area contributed by atoms with Gasteiger partial charge >= 0.3 is 0 Å². The van der Waals surface area contributed by atoms with Gasteiger partial charge < -0.3 is 15.5 Å². The maximum Gasteiger partial charge on any atom is 0.279 e. The summed E-state index contributed by atoms with van der Waals surface area (Å²) in [6, 6.07) is 5.94. The van der Waals surface area contributed by atoms with Crippen molar-refractivity contribution >= 4 is 17.5 Å². The molecule has 5 nitrogen and oxygen atoms in total. The molecule has 0 fully saturated rings. The standard InChI is InChI=1S/C16H25N3O2/c1-11(2)17-15(20)9-19(5)10-16(21)18-14-8-6-7-12(3)13(14)4/h6-8,11H,9-10H2,1-5H3,(H,17,20)(H,18,21)/p+1. The molecule has 0 heterocycles. The quantitative estimate of drug-likeness (QED) is 0.705. The van der Waals surface area contributed by atoms with Gasteiger partial charge in [0.1, 0.15) is 0 Å². The Morgan fingerprint density at radius 3 is 2.38 bits per heavy atom. The predicted octanol–water partition coefficient (Wildman–Crippen LogP) is 0.281. The fourth-order valence-corrected chi connectivity index (χ4v) is 2.06. The molecule has 0 saturated heterocycles. The van der Waals surface area contributed by atoms with Crippen LogP contribution in [-0.2, 0) is 9.59 Å². The molecular weight excluding hydrogens is 266 g/mol. The SMILES string of the molecule is Cc1cccc(NC(=O)C[NH+](C)CC(=O)NC(C)C)c1C. The smallest absolute Gasteiger partial charge is 0.279 e. The number of aryl methyl sites for hydroxylation is 1. The van der Waals surface area contributed by atoms with E-state index in [4.69, 9.17) is 0 Å². The van der Waals surface area contributed by atoms with Crippen LogP contribution in [0, 0.1) is 13.8 Å². The summed E-state index contributed by atoms with van der Waals surface area (Å²) in [5.74, 6) is -0.124. The predicted molar refractivity (Wildman–Crippen MR) is 84.4 cm³/mol. The van der Waals surface area contributed by atoms with Crippen molar-refractivity contribution < 1.29 is 14.5 Å². The van der Waals surface area contributed by atoms with E-state index < -0.39 is 0 Å². The number of likely N-dealkylation sites (N-methyl/N-ethyl adjacent to an activating group) is 1. The van der Waals surface area contributed by atoms with Crippen molar-refractivity contribution in [1.29, 1.82) is 0 Å². The molecule has 0 aromatic heterocycles. The minimum absolute atomic E-state index is 0.0398. The number of carbonyl (C=O) groups is 2. The summed E-state index contributed by atoms with van der Waals surface area (Å²) in [6.07, 6.45) is 0. The van der Waals surface area contributed by atoms with E-state index in [1.54, 1.807) is 0 Å². The largest absolute Gasteiger partial charge is 0.349 e. The molecule has 1 rings (SSSR count). The summed E-state index contributed by atoms with van der Waals surface area (Å²) in [6.45, 7) is 8.38. The monoisotopic (exact) mass is 292 g/mol.